The minimum absolute atomic E-state index is 0.0246. The second-order valence-corrected chi connectivity index (χ2v) is 5.61. The molecule has 1 atom stereocenters. The third-order valence-corrected chi connectivity index (χ3v) is 3.70. The van der Waals surface area contributed by atoms with Crippen molar-refractivity contribution in [3.8, 4) is 11.5 Å². The van der Waals surface area contributed by atoms with Crippen molar-refractivity contribution in [3.05, 3.63) is 18.2 Å². The Bertz CT molecular complexity index is 458. The average Bonchev–Trinajstić information content (AvgIpc) is 2.62. The van der Waals surface area contributed by atoms with E-state index in [4.69, 9.17) is 9.47 Å². The van der Waals surface area contributed by atoms with Gasteiger partial charge in [-0.25, -0.2) is 0 Å². The fourth-order valence-electron chi connectivity index (χ4n) is 2.86. The number of benzene rings is 1. The molecule has 2 aliphatic rings. The molecule has 4 heteroatoms. The largest absolute Gasteiger partial charge is 0.486 e. The molecule has 0 spiro atoms. The SMILES string of the molecule is CC1(C)CC(O)CN1c1ccc2c(c1)OCCO2. The van der Waals surface area contributed by atoms with Crippen LogP contribution < -0.4 is 14.4 Å². The van der Waals surface area contributed by atoms with E-state index in [0.29, 0.717) is 19.8 Å². The highest BCUT2D eigenvalue weighted by molar-refractivity contribution is 5.59. The van der Waals surface area contributed by atoms with E-state index in [1.54, 1.807) is 0 Å². The molecule has 18 heavy (non-hydrogen) atoms. The van der Waals surface area contributed by atoms with Crippen LogP contribution in [0.5, 0.6) is 11.5 Å². The summed E-state index contributed by atoms with van der Waals surface area (Å²) < 4.78 is 11.1. The van der Waals surface area contributed by atoms with Gasteiger partial charge in [0, 0.05) is 23.8 Å². The smallest absolute Gasteiger partial charge is 0.163 e. The molecule has 2 heterocycles. The minimum atomic E-state index is -0.256. The van der Waals surface area contributed by atoms with Crippen LogP contribution in [0.25, 0.3) is 0 Å². The molecule has 4 nitrogen and oxygen atoms in total. The van der Waals surface area contributed by atoms with Gasteiger partial charge in [-0.2, -0.15) is 0 Å². The molecule has 0 radical (unpaired) electrons. The third kappa shape index (κ3) is 1.90. The van der Waals surface area contributed by atoms with Gasteiger partial charge in [0.1, 0.15) is 13.2 Å². The van der Waals surface area contributed by atoms with Gasteiger partial charge in [0.05, 0.1) is 6.10 Å². The molecule has 1 unspecified atom stereocenters. The Kier molecular flexibility index (Phi) is 2.63. The summed E-state index contributed by atoms with van der Waals surface area (Å²) in [4.78, 5) is 2.23. The Hall–Kier alpha value is -1.42. The summed E-state index contributed by atoms with van der Waals surface area (Å²) in [6.45, 7) is 6.19. The number of nitrogens with zero attached hydrogens (tertiary/aromatic N) is 1. The second kappa shape index (κ2) is 4.05. The van der Waals surface area contributed by atoms with Crippen molar-refractivity contribution in [1.82, 2.24) is 0 Å². The zero-order valence-corrected chi connectivity index (χ0v) is 10.8. The number of β-amino-alcohol motifs (C(OH)–C–C–N with tert-alkyl or cyclic N) is 1. The maximum absolute atomic E-state index is 9.84. The van der Waals surface area contributed by atoms with Crippen LogP contribution in [-0.2, 0) is 0 Å². The Labute approximate surface area is 107 Å². The number of ether oxygens (including phenoxy) is 2. The summed E-state index contributed by atoms with van der Waals surface area (Å²) >= 11 is 0. The van der Waals surface area contributed by atoms with Gasteiger partial charge in [-0.15, -0.1) is 0 Å². The zero-order chi connectivity index (χ0) is 12.8. The van der Waals surface area contributed by atoms with Crippen LogP contribution in [0.4, 0.5) is 5.69 Å². The van der Waals surface area contributed by atoms with Crippen molar-refractivity contribution in [3.63, 3.8) is 0 Å². The number of hydrogen-bond donors (Lipinski definition) is 1. The summed E-state index contributed by atoms with van der Waals surface area (Å²) in [5.74, 6) is 1.61. The predicted molar refractivity (Wildman–Crippen MR) is 69.5 cm³/mol. The van der Waals surface area contributed by atoms with Gasteiger partial charge >= 0.3 is 0 Å². The molecule has 1 N–H and O–H groups in total. The maximum Gasteiger partial charge on any atom is 0.163 e. The lowest BCUT2D eigenvalue weighted by atomic mass is 10.0. The van der Waals surface area contributed by atoms with Crippen LogP contribution in [0, 0.1) is 0 Å². The lowest BCUT2D eigenvalue weighted by Crippen LogP contribution is -2.38. The van der Waals surface area contributed by atoms with E-state index >= 15 is 0 Å². The molecule has 1 aromatic carbocycles. The first-order chi connectivity index (χ1) is 8.56. The minimum Gasteiger partial charge on any atom is -0.486 e. The van der Waals surface area contributed by atoms with Gasteiger partial charge in [-0.1, -0.05) is 0 Å². The van der Waals surface area contributed by atoms with Crippen molar-refractivity contribution < 1.29 is 14.6 Å². The van der Waals surface area contributed by atoms with Crippen molar-refractivity contribution >= 4 is 5.69 Å². The molecule has 0 amide bonds. The molecule has 0 aromatic heterocycles. The summed E-state index contributed by atoms with van der Waals surface area (Å²) in [5.41, 5.74) is 1.06. The first-order valence-electron chi connectivity index (χ1n) is 6.42. The number of aliphatic hydroxyl groups excluding tert-OH is 1. The van der Waals surface area contributed by atoms with Crippen molar-refractivity contribution in [2.45, 2.75) is 31.9 Å². The normalized spacial score (nSPS) is 25.3. The maximum atomic E-state index is 9.84. The fraction of sp³-hybridized carbons (Fsp3) is 0.571. The molecular weight excluding hydrogens is 230 g/mol. The second-order valence-electron chi connectivity index (χ2n) is 5.61. The number of anilines is 1. The number of hydrogen-bond acceptors (Lipinski definition) is 4. The summed E-state index contributed by atoms with van der Waals surface area (Å²) in [6.07, 6.45) is 0.537. The lowest BCUT2D eigenvalue weighted by molar-refractivity contribution is 0.171. The Balaban J connectivity index is 1.93. The van der Waals surface area contributed by atoms with Crippen LogP contribution >= 0.6 is 0 Å². The highest BCUT2D eigenvalue weighted by atomic mass is 16.6. The molecule has 1 aromatic rings. The first kappa shape index (κ1) is 11.7. The average molecular weight is 249 g/mol. The molecular formula is C14H19NO3. The lowest BCUT2D eigenvalue weighted by Gasteiger charge is -2.34. The Morgan fingerprint density at radius 1 is 1.22 bits per heavy atom. The first-order valence-corrected chi connectivity index (χ1v) is 6.42. The zero-order valence-electron chi connectivity index (χ0n) is 10.8. The molecule has 0 aliphatic carbocycles. The van der Waals surface area contributed by atoms with E-state index in [2.05, 4.69) is 18.7 Å². The van der Waals surface area contributed by atoms with Crippen molar-refractivity contribution in [1.29, 1.82) is 0 Å². The van der Waals surface area contributed by atoms with Crippen molar-refractivity contribution in [2.75, 3.05) is 24.7 Å². The predicted octanol–water partition coefficient (Wildman–Crippen LogP) is 1.81. The quantitative estimate of drug-likeness (QED) is 0.824. The van der Waals surface area contributed by atoms with Crippen molar-refractivity contribution in [2.24, 2.45) is 0 Å². The molecule has 0 saturated carbocycles. The Morgan fingerprint density at radius 3 is 2.61 bits per heavy atom. The van der Waals surface area contributed by atoms with Crippen LogP contribution in [0.3, 0.4) is 0 Å². The van der Waals surface area contributed by atoms with Crippen LogP contribution in [0.1, 0.15) is 20.3 Å². The highest BCUT2D eigenvalue weighted by Gasteiger charge is 2.37. The van der Waals surface area contributed by atoms with Gasteiger partial charge < -0.3 is 19.5 Å². The standard InChI is InChI=1S/C14H19NO3/c1-14(2)8-11(16)9-15(14)10-3-4-12-13(7-10)18-6-5-17-12/h3-4,7,11,16H,5-6,8-9H2,1-2H3. The Morgan fingerprint density at radius 2 is 1.94 bits per heavy atom. The number of aliphatic hydroxyl groups is 1. The van der Waals surface area contributed by atoms with E-state index < -0.39 is 0 Å². The summed E-state index contributed by atoms with van der Waals surface area (Å²) in [6, 6.07) is 5.99. The van der Waals surface area contributed by atoms with E-state index in [9.17, 15) is 5.11 Å². The van der Waals surface area contributed by atoms with Gasteiger partial charge in [0.25, 0.3) is 0 Å². The van der Waals surface area contributed by atoms with Crippen LogP contribution in [0.2, 0.25) is 0 Å². The van der Waals surface area contributed by atoms with Gasteiger partial charge in [-0.3, -0.25) is 0 Å². The summed E-state index contributed by atoms with van der Waals surface area (Å²) in [7, 11) is 0. The highest BCUT2D eigenvalue weighted by Crippen LogP contribution is 2.39. The number of rotatable bonds is 1. The summed E-state index contributed by atoms with van der Waals surface area (Å²) in [5, 5.41) is 9.84. The fourth-order valence-corrected chi connectivity index (χ4v) is 2.86. The van der Waals surface area contributed by atoms with E-state index in [0.717, 1.165) is 23.6 Å². The third-order valence-electron chi connectivity index (χ3n) is 3.70. The van der Waals surface area contributed by atoms with Gasteiger partial charge in [0.15, 0.2) is 11.5 Å². The molecule has 3 rings (SSSR count). The molecule has 1 fully saturated rings. The topological polar surface area (TPSA) is 41.9 Å². The molecule has 1 saturated heterocycles. The molecule has 2 aliphatic heterocycles. The number of fused-ring (bicyclic) bond motifs is 1. The monoisotopic (exact) mass is 249 g/mol. The van der Waals surface area contributed by atoms with Crippen LogP contribution in [-0.4, -0.2) is 36.5 Å². The van der Waals surface area contributed by atoms with Crippen LogP contribution in [0.15, 0.2) is 18.2 Å². The molecule has 98 valence electrons. The van der Waals surface area contributed by atoms with Gasteiger partial charge in [-0.05, 0) is 32.4 Å². The van der Waals surface area contributed by atoms with Gasteiger partial charge in [0.2, 0.25) is 0 Å². The van der Waals surface area contributed by atoms with E-state index in [1.807, 2.05) is 18.2 Å². The van der Waals surface area contributed by atoms with E-state index in [1.165, 1.54) is 0 Å². The molecule has 0 bridgehead atoms. The van der Waals surface area contributed by atoms with E-state index in [-0.39, 0.29) is 11.6 Å².